The number of nitrogens with two attached hydrogens (primary N) is 1. The molecule has 6 heteroatoms. The van der Waals surface area contributed by atoms with Gasteiger partial charge in [-0.3, -0.25) is 0 Å². The van der Waals surface area contributed by atoms with Crippen LogP contribution in [-0.2, 0) is 0 Å². The Morgan fingerprint density at radius 3 is 2.92 bits per heavy atom. The number of nitrogen functional groups attached to an aromatic ring is 1. The first-order valence-corrected chi connectivity index (χ1v) is 4.43. The van der Waals surface area contributed by atoms with Crippen LogP contribution in [0.3, 0.4) is 0 Å². The minimum atomic E-state index is 0.326. The third-order valence-electron chi connectivity index (χ3n) is 1.31. The van der Waals surface area contributed by atoms with E-state index >= 15 is 0 Å². The van der Waals surface area contributed by atoms with E-state index in [0.29, 0.717) is 10.8 Å². The smallest absolute Gasteiger partial charge is 0.210 e. The minimum absolute atomic E-state index is 0.326. The average Bonchev–Trinajstić information content (AvgIpc) is 2.61. The fourth-order valence-corrected chi connectivity index (χ4v) is 1.49. The molecule has 2 heterocycles. The highest BCUT2D eigenvalue weighted by Crippen LogP contribution is 2.19. The molecule has 0 aliphatic carbocycles. The van der Waals surface area contributed by atoms with E-state index in [0.717, 1.165) is 5.13 Å². The van der Waals surface area contributed by atoms with Crippen LogP contribution >= 0.6 is 22.9 Å². The van der Waals surface area contributed by atoms with E-state index in [1.165, 1.54) is 11.3 Å². The lowest BCUT2D eigenvalue weighted by Crippen LogP contribution is -1.94. The van der Waals surface area contributed by atoms with Gasteiger partial charge in [0.15, 0.2) is 5.82 Å². The Bertz CT molecular complexity index is 361. The Morgan fingerprint density at radius 1 is 1.58 bits per heavy atom. The van der Waals surface area contributed by atoms with Crippen molar-refractivity contribution in [2.75, 3.05) is 5.73 Å². The van der Waals surface area contributed by atoms with Crippen molar-refractivity contribution in [2.24, 2.45) is 0 Å². The van der Waals surface area contributed by atoms with Crippen LogP contribution in [0.4, 0.5) is 5.82 Å². The van der Waals surface area contributed by atoms with Crippen molar-refractivity contribution in [1.29, 1.82) is 0 Å². The molecular formula is C6H5ClN4S. The van der Waals surface area contributed by atoms with Crippen LogP contribution in [0.1, 0.15) is 0 Å². The summed E-state index contributed by atoms with van der Waals surface area (Å²) in [6.45, 7) is 0. The van der Waals surface area contributed by atoms with Crippen molar-refractivity contribution in [3.05, 3.63) is 22.8 Å². The molecule has 2 rings (SSSR count). The zero-order valence-electron chi connectivity index (χ0n) is 5.94. The monoisotopic (exact) mass is 200 g/mol. The van der Waals surface area contributed by atoms with Crippen molar-refractivity contribution in [1.82, 2.24) is 14.8 Å². The van der Waals surface area contributed by atoms with E-state index in [9.17, 15) is 0 Å². The topological polar surface area (TPSA) is 56.7 Å². The van der Waals surface area contributed by atoms with Crippen molar-refractivity contribution >= 4 is 28.8 Å². The first kappa shape index (κ1) is 7.57. The second kappa shape index (κ2) is 2.76. The molecule has 0 saturated heterocycles. The van der Waals surface area contributed by atoms with Gasteiger partial charge < -0.3 is 5.73 Å². The number of hydrogen-bond acceptors (Lipinski definition) is 4. The molecule has 0 fully saturated rings. The zero-order valence-corrected chi connectivity index (χ0v) is 7.51. The first-order chi connectivity index (χ1) is 5.77. The van der Waals surface area contributed by atoms with E-state index in [2.05, 4.69) is 10.1 Å². The highest BCUT2D eigenvalue weighted by atomic mass is 35.5. The van der Waals surface area contributed by atoms with Crippen molar-refractivity contribution < 1.29 is 0 Å². The molecule has 0 bridgehead atoms. The summed E-state index contributed by atoms with van der Waals surface area (Å²) in [6, 6.07) is 0. The number of thiazole rings is 1. The molecule has 0 aliphatic rings. The number of rotatable bonds is 1. The maximum atomic E-state index is 5.71. The fraction of sp³-hybridized carbons (Fsp3) is 0. The lowest BCUT2D eigenvalue weighted by atomic mass is 10.7. The molecule has 4 nitrogen and oxygen atoms in total. The molecule has 0 spiro atoms. The number of aromatic nitrogens is 3. The molecule has 2 aromatic rings. The van der Waals surface area contributed by atoms with Gasteiger partial charge in [0.05, 0.1) is 6.20 Å². The second-order valence-corrected chi connectivity index (χ2v) is 3.40. The molecule has 0 radical (unpaired) electrons. The molecule has 12 heavy (non-hydrogen) atoms. The van der Waals surface area contributed by atoms with Gasteiger partial charge in [0, 0.05) is 11.6 Å². The first-order valence-electron chi connectivity index (χ1n) is 3.18. The van der Waals surface area contributed by atoms with Gasteiger partial charge in [0.25, 0.3) is 0 Å². The minimum Gasteiger partial charge on any atom is -0.381 e. The van der Waals surface area contributed by atoms with Gasteiger partial charge in [-0.15, -0.1) is 16.4 Å². The average molecular weight is 201 g/mol. The normalized spacial score (nSPS) is 10.4. The summed E-state index contributed by atoms with van der Waals surface area (Å²) >= 11 is 7.19. The molecule has 0 amide bonds. The summed E-state index contributed by atoms with van der Waals surface area (Å²) < 4.78 is 1.56. The molecule has 2 N–H and O–H groups in total. The van der Waals surface area contributed by atoms with E-state index in [-0.39, 0.29) is 0 Å². The quantitative estimate of drug-likeness (QED) is 0.760. The molecule has 0 aliphatic heterocycles. The number of anilines is 1. The third kappa shape index (κ3) is 1.17. The number of nitrogens with zero attached hydrogens (tertiary/aromatic N) is 3. The van der Waals surface area contributed by atoms with Crippen LogP contribution in [0.25, 0.3) is 5.13 Å². The highest BCUT2D eigenvalue weighted by molar-refractivity contribution is 7.12. The zero-order chi connectivity index (χ0) is 8.55. The van der Waals surface area contributed by atoms with Gasteiger partial charge in [-0.25, -0.2) is 9.67 Å². The molecule has 0 aromatic carbocycles. The Balaban J connectivity index is 2.48. The van der Waals surface area contributed by atoms with Crippen molar-refractivity contribution in [3.63, 3.8) is 0 Å². The van der Waals surface area contributed by atoms with E-state index in [1.807, 2.05) is 5.38 Å². The molecule has 62 valence electrons. The Morgan fingerprint density at radius 2 is 2.42 bits per heavy atom. The van der Waals surface area contributed by atoms with E-state index in [1.54, 1.807) is 17.1 Å². The Hall–Kier alpha value is -1.07. The highest BCUT2D eigenvalue weighted by Gasteiger charge is 2.05. The van der Waals surface area contributed by atoms with E-state index in [4.69, 9.17) is 17.3 Å². The van der Waals surface area contributed by atoms with Gasteiger partial charge >= 0.3 is 0 Å². The van der Waals surface area contributed by atoms with Crippen molar-refractivity contribution in [3.8, 4) is 5.13 Å². The van der Waals surface area contributed by atoms with Gasteiger partial charge in [-0.2, -0.15) is 0 Å². The van der Waals surface area contributed by atoms with Gasteiger partial charge in [0.1, 0.15) is 5.02 Å². The standard InChI is InChI=1S/C6H5ClN4S/c7-4-3-11(10-5(4)8)6-9-1-2-12-6/h1-3H,(H2,8,10). The van der Waals surface area contributed by atoms with Gasteiger partial charge in [-0.05, 0) is 0 Å². The van der Waals surface area contributed by atoms with Crippen LogP contribution < -0.4 is 5.73 Å². The van der Waals surface area contributed by atoms with E-state index < -0.39 is 0 Å². The summed E-state index contributed by atoms with van der Waals surface area (Å²) in [6.07, 6.45) is 3.33. The van der Waals surface area contributed by atoms with Gasteiger partial charge in [0.2, 0.25) is 5.13 Å². The largest absolute Gasteiger partial charge is 0.381 e. The number of halogens is 1. The molecule has 0 unspecified atom stereocenters. The Labute approximate surface area is 77.6 Å². The summed E-state index contributed by atoms with van der Waals surface area (Å²) in [5.74, 6) is 0.326. The van der Waals surface area contributed by atoms with Crippen LogP contribution in [0.2, 0.25) is 5.02 Å². The predicted molar refractivity (Wildman–Crippen MR) is 48.7 cm³/mol. The summed E-state index contributed by atoms with van der Waals surface area (Å²) in [7, 11) is 0. The Kier molecular flexibility index (Phi) is 1.74. The van der Waals surface area contributed by atoms with Gasteiger partial charge in [-0.1, -0.05) is 11.6 Å². The summed E-state index contributed by atoms with van der Waals surface area (Å²) in [4.78, 5) is 4.05. The summed E-state index contributed by atoms with van der Waals surface area (Å²) in [5, 5.41) is 7.03. The lowest BCUT2D eigenvalue weighted by Gasteiger charge is -1.90. The molecule has 0 atom stereocenters. The maximum absolute atomic E-state index is 5.71. The van der Waals surface area contributed by atoms with Crippen LogP contribution in [0.15, 0.2) is 17.8 Å². The van der Waals surface area contributed by atoms with Crippen LogP contribution in [0, 0.1) is 0 Å². The SMILES string of the molecule is Nc1nn(-c2nccs2)cc1Cl. The van der Waals surface area contributed by atoms with Crippen LogP contribution in [-0.4, -0.2) is 14.8 Å². The predicted octanol–water partition coefficient (Wildman–Crippen LogP) is 1.56. The fourth-order valence-electron chi connectivity index (χ4n) is 0.793. The molecular weight excluding hydrogens is 196 g/mol. The maximum Gasteiger partial charge on any atom is 0.210 e. The molecule has 2 aromatic heterocycles. The second-order valence-electron chi connectivity index (χ2n) is 2.12. The summed E-state index contributed by atoms with van der Waals surface area (Å²) in [5.41, 5.74) is 5.46. The van der Waals surface area contributed by atoms with Crippen LogP contribution in [0.5, 0.6) is 0 Å². The lowest BCUT2D eigenvalue weighted by molar-refractivity contribution is 0.875. The molecule has 0 saturated carbocycles. The van der Waals surface area contributed by atoms with Crippen molar-refractivity contribution in [2.45, 2.75) is 0 Å². The third-order valence-corrected chi connectivity index (χ3v) is 2.36. The number of hydrogen-bond donors (Lipinski definition) is 1.